The molecule has 0 radical (unpaired) electrons. The minimum Gasteiger partial charge on any atom is -0.476 e. The Morgan fingerprint density at radius 1 is 1.35 bits per heavy atom. The normalized spacial score (nSPS) is 16.2. The molecular weight excluding hydrogens is 224 g/mol. The lowest BCUT2D eigenvalue weighted by molar-refractivity contribution is -0.120. The van der Waals surface area contributed by atoms with Crippen LogP contribution in [0.5, 0.6) is 0 Å². The molecule has 2 heterocycles. The van der Waals surface area contributed by atoms with Gasteiger partial charge in [0.25, 0.3) is 0 Å². The zero-order valence-electron chi connectivity index (χ0n) is 9.09. The van der Waals surface area contributed by atoms with Crippen molar-refractivity contribution in [3.8, 4) is 0 Å². The average Bonchev–Trinajstić information content (AvgIpc) is 2.54. The van der Waals surface area contributed by atoms with Gasteiger partial charge in [0.15, 0.2) is 11.5 Å². The van der Waals surface area contributed by atoms with Crippen LogP contribution in [0, 0.1) is 0 Å². The van der Waals surface area contributed by atoms with Gasteiger partial charge in [0.05, 0.1) is 0 Å². The third-order valence-electron chi connectivity index (χ3n) is 2.51. The average molecular weight is 236 g/mol. The van der Waals surface area contributed by atoms with Gasteiger partial charge in [-0.25, -0.2) is 4.79 Å². The zero-order valence-corrected chi connectivity index (χ0v) is 9.09. The maximum Gasteiger partial charge on any atom is 0.356 e. The highest BCUT2D eigenvalue weighted by Gasteiger charge is 2.15. The van der Waals surface area contributed by atoms with Crippen LogP contribution < -0.4 is 10.2 Å². The third kappa shape index (κ3) is 2.68. The van der Waals surface area contributed by atoms with E-state index in [1.807, 2.05) is 4.90 Å². The molecule has 7 heteroatoms. The van der Waals surface area contributed by atoms with E-state index in [1.165, 1.54) is 6.07 Å². The summed E-state index contributed by atoms with van der Waals surface area (Å²) in [7, 11) is 0. The number of rotatable bonds is 2. The van der Waals surface area contributed by atoms with Gasteiger partial charge in [0.1, 0.15) is 0 Å². The number of anilines is 1. The molecule has 0 unspecified atom stereocenters. The van der Waals surface area contributed by atoms with Gasteiger partial charge >= 0.3 is 5.97 Å². The number of carboxylic acids is 1. The van der Waals surface area contributed by atoms with Crippen molar-refractivity contribution in [2.45, 2.75) is 6.42 Å². The van der Waals surface area contributed by atoms with Gasteiger partial charge in [-0.15, -0.1) is 10.2 Å². The quantitative estimate of drug-likeness (QED) is 0.718. The number of hydrogen-bond donors (Lipinski definition) is 2. The molecule has 0 spiro atoms. The van der Waals surface area contributed by atoms with E-state index >= 15 is 0 Å². The van der Waals surface area contributed by atoms with E-state index in [9.17, 15) is 9.59 Å². The molecular formula is C10H12N4O3. The summed E-state index contributed by atoms with van der Waals surface area (Å²) in [5.74, 6) is -0.495. The van der Waals surface area contributed by atoms with Crippen LogP contribution in [-0.4, -0.2) is 46.8 Å². The van der Waals surface area contributed by atoms with Crippen LogP contribution >= 0.6 is 0 Å². The Morgan fingerprint density at radius 2 is 2.18 bits per heavy atom. The van der Waals surface area contributed by atoms with Crippen molar-refractivity contribution in [2.24, 2.45) is 0 Å². The van der Waals surface area contributed by atoms with Crippen LogP contribution in [0.3, 0.4) is 0 Å². The second-order valence-electron chi connectivity index (χ2n) is 3.67. The molecule has 0 atom stereocenters. The molecule has 7 nitrogen and oxygen atoms in total. The summed E-state index contributed by atoms with van der Waals surface area (Å²) in [4.78, 5) is 23.7. The molecule has 1 aliphatic rings. The fraction of sp³-hybridized carbons (Fsp3) is 0.400. The lowest BCUT2D eigenvalue weighted by Gasteiger charge is -2.19. The summed E-state index contributed by atoms with van der Waals surface area (Å²) in [5, 5.41) is 18.9. The lowest BCUT2D eigenvalue weighted by atomic mass is 10.3. The molecule has 1 amide bonds. The van der Waals surface area contributed by atoms with E-state index in [4.69, 9.17) is 5.11 Å². The molecule has 1 saturated heterocycles. The van der Waals surface area contributed by atoms with Crippen molar-refractivity contribution in [3.63, 3.8) is 0 Å². The Morgan fingerprint density at radius 3 is 2.82 bits per heavy atom. The predicted octanol–water partition coefficient (Wildman–Crippen LogP) is -0.499. The van der Waals surface area contributed by atoms with E-state index in [0.717, 1.165) is 0 Å². The Labute approximate surface area is 97.4 Å². The van der Waals surface area contributed by atoms with Gasteiger partial charge < -0.3 is 15.3 Å². The molecule has 2 N–H and O–H groups in total. The van der Waals surface area contributed by atoms with Crippen LogP contribution in [0.2, 0.25) is 0 Å². The van der Waals surface area contributed by atoms with Gasteiger partial charge in [-0.05, 0) is 12.1 Å². The number of carbonyl (C=O) groups excluding carboxylic acids is 1. The van der Waals surface area contributed by atoms with Crippen molar-refractivity contribution in [3.05, 3.63) is 17.8 Å². The Bertz CT molecular complexity index is 432. The zero-order chi connectivity index (χ0) is 12.3. The molecule has 1 aliphatic heterocycles. The van der Waals surface area contributed by atoms with Gasteiger partial charge in [-0.2, -0.15) is 0 Å². The molecule has 0 saturated carbocycles. The van der Waals surface area contributed by atoms with Crippen LogP contribution in [-0.2, 0) is 4.79 Å². The lowest BCUT2D eigenvalue weighted by Crippen LogP contribution is -2.29. The predicted molar refractivity (Wildman–Crippen MR) is 58.8 cm³/mol. The summed E-state index contributed by atoms with van der Waals surface area (Å²) in [5.41, 5.74) is -0.0854. The molecule has 2 rings (SSSR count). The SMILES string of the molecule is O=C1CCN(c2ccc(C(=O)O)nn2)CCN1. The second-order valence-corrected chi connectivity index (χ2v) is 3.67. The van der Waals surface area contributed by atoms with Crippen LogP contribution in [0.4, 0.5) is 5.82 Å². The summed E-state index contributed by atoms with van der Waals surface area (Å²) >= 11 is 0. The van der Waals surface area contributed by atoms with Gasteiger partial charge in [-0.1, -0.05) is 0 Å². The maximum absolute atomic E-state index is 11.2. The van der Waals surface area contributed by atoms with Crippen molar-refractivity contribution in [1.82, 2.24) is 15.5 Å². The Kier molecular flexibility index (Phi) is 3.17. The highest BCUT2D eigenvalue weighted by atomic mass is 16.4. The van der Waals surface area contributed by atoms with E-state index in [0.29, 0.717) is 31.9 Å². The molecule has 1 aromatic rings. The monoisotopic (exact) mass is 236 g/mol. The number of carboxylic acid groups (broad SMARTS) is 1. The van der Waals surface area contributed by atoms with Crippen molar-refractivity contribution < 1.29 is 14.7 Å². The minimum atomic E-state index is -1.10. The number of carbonyl (C=O) groups is 2. The van der Waals surface area contributed by atoms with Crippen LogP contribution in [0.15, 0.2) is 12.1 Å². The van der Waals surface area contributed by atoms with Crippen molar-refractivity contribution >= 4 is 17.7 Å². The smallest absolute Gasteiger partial charge is 0.356 e. The standard InChI is InChI=1S/C10H12N4O3/c15-9-3-5-14(6-4-11-9)8-2-1-7(10(16)17)12-13-8/h1-2H,3-6H2,(H,11,15)(H,16,17). The summed E-state index contributed by atoms with van der Waals surface area (Å²) in [6.07, 6.45) is 0.405. The fourth-order valence-electron chi connectivity index (χ4n) is 1.60. The van der Waals surface area contributed by atoms with Crippen LogP contribution in [0.25, 0.3) is 0 Å². The van der Waals surface area contributed by atoms with Crippen molar-refractivity contribution in [2.75, 3.05) is 24.5 Å². The summed E-state index contributed by atoms with van der Waals surface area (Å²) in [6.45, 7) is 1.76. The molecule has 90 valence electrons. The number of aromatic nitrogens is 2. The molecule has 0 aliphatic carbocycles. The fourth-order valence-corrected chi connectivity index (χ4v) is 1.60. The van der Waals surface area contributed by atoms with E-state index in [1.54, 1.807) is 6.07 Å². The molecule has 17 heavy (non-hydrogen) atoms. The first-order valence-corrected chi connectivity index (χ1v) is 5.25. The molecule has 1 fully saturated rings. The molecule has 0 aromatic carbocycles. The van der Waals surface area contributed by atoms with Crippen LogP contribution in [0.1, 0.15) is 16.9 Å². The number of hydrogen-bond acceptors (Lipinski definition) is 5. The largest absolute Gasteiger partial charge is 0.476 e. The topological polar surface area (TPSA) is 95.4 Å². The van der Waals surface area contributed by atoms with E-state index in [-0.39, 0.29) is 11.6 Å². The minimum absolute atomic E-state index is 0.0163. The molecule has 1 aromatic heterocycles. The number of aromatic carboxylic acids is 1. The van der Waals surface area contributed by atoms with Gasteiger partial charge in [-0.3, -0.25) is 4.79 Å². The highest BCUT2D eigenvalue weighted by molar-refractivity contribution is 5.85. The molecule has 0 bridgehead atoms. The first-order chi connectivity index (χ1) is 8.16. The highest BCUT2D eigenvalue weighted by Crippen LogP contribution is 2.11. The first-order valence-electron chi connectivity index (χ1n) is 5.25. The van der Waals surface area contributed by atoms with Crippen molar-refractivity contribution in [1.29, 1.82) is 0 Å². The maximum atomic E-state index is 11.2. The first kappa shape index (κ1) is 11.3. The number of amides is 1. The summed E-state index contributed by atoms with van der Waals surface area (Å²) in [6, 6.07) is 3.01. The Hall–Kier alpha value is -2.18. The van der Waals surface area contributed by atoms with Gasteiger partial charge in [0, 0.05) is 26.1 Å². The number of nitrogens with one attached hydrogen (secondary N) is 1. The Balaban J connectivity index is 2.11. The summed E-state index contributed by atoms with van der Waals surface area (Å²) < 4.78 is 0. The van der Waals surface area contributed by atoms with E-state index in [2.05, 4.69) is 15.5 Å². The third-order valence-corrected chi connectivity index (χ3v) is 2.51. The number of nitrogens with zero attached hydrogens (tertiary/aromatic N) is 3. The van der Waals surface area contributed by atoms with E-state index < -0.39 is 5.97 Å². The van der Waals surface area contributed by atoms with Gasteiger partial charge in [0.2, 0.25) is 5.91 Å². The second kappa shape index (κ2) is 4.77.